The lowest BCUT2D eigenvalue weighted by Crippen LogP contribution is -2.55. The standard InChI is InChI=1S/C20H27FN2O/c21-18-7-2-1-5-15(18)14-22-17-9-11-20-10-4-12-23(20)19(24)8-3-6-16(20)13-17/h1-2,5,7,16-17,22H,3-4,6,8-14H2/t16-,17+,20+/m0/s1. The highest BCUT2D eigenvalue weighted by Gasteiger charge is 2.52. The Morgan fingerprint density at radius 1 is 1.21 bits per heavy atom. The third-order valence-corrected chi connectivity index (χ3v) is 6.57. The molecule has 4 rings (SSSR count). The summed E-state index contributed by atoms with van der Waals surface area (Å²) in [5, 5.41) is 3.58. The zero-order valence-electron chi connectivity index (χ0n) is 14.3. The van der Waals surface area contributed by atoms with Crippen LogP contribution in [0.5, 0.6) is 0 Å². The van der Waals surface area contributed by atoms with Crippen LogP contribution in [0.15, 0.2) is 24.3 Å². The highest BCUT2D eigenvalue weighted by atomic mass is 19.1. The van der Waals surface area contributed by atoms with Gasteiger partial charge in [-0.1, -0.05) is 18.2 Å². The molecule has 0 bridgehead atoms. The Labute approximate surface area is 143 Å². The average Bonchev–Trinajstić information content (AvgIpc) is 2.95. The van der Waals surface area contributed by atoms with Gasteiger partial charge in [0.25, 0.3) is 0 Å². The third kappa shape index (κ3) is 2.75. The fourth-order valence-corrected chi connectivity index (χ4v) is 5.37. The van der Waals surface area contributed by atoms with E-state index in [1.54, 1.807) is 6.07 Å². The first-order valence-corrected chi connectivity index (χ1v) is 9.46. The number of nitrogens with one attached hydrogen (secondary N) is 1. The van der Waals surface area contributed by atoms with Crippen LogP contribution in [-0.4, -0.2) is 28.9 Å². The highest BCUT2D eigenvalue weighted by Crippen LogP contribution is 2.49. The number of halogens is 1. The summed E-state index contributed by atoms with van der Waals surface area (Å²) in [6.45, 7) is 1.56. The van der Waals surface area contributed by atoms with Gasteiger partial charge in [-0.3, -0.25) is 4.79 Å². The van der Waals surface area contributed by atoms with Gasteiger partial charge in [-0.05, 0) is 56.9 Å². The molecule has 1 aromatic rings. The molecule has 2 saturated heterocycles. The quantitative estimate of drug-likeness (QED) is 0.918. The summed E-state index contributed by atoms with van der Waals surface area (Å²) in [4.78, 5) is 14.7. The number of carbonyl (C=O) groups is 1. The van der Waals surface area contributed by atoms with Crippen LogP contribution < -0.4 is 5.32 Å². The summed E-state index contributed by atoms with van der Waals surface area (Å²) in [5.41, 5.74) is 0.889. The summed E-state index contributed by atoms with van der Waals surface area (Å²) < 4.78 is 13.8. The van der Waals surface area contributed by atoms with E-state index >= 15 is 0 Å². The Balaban J connectivity index is 1.44. The average molecular weight is 330 g/mol. The van der Waals surface area contributed by atoms with Crippen molar-refractivity contribution >= 4 is 5.91 Å². The molecule has 1 aliphatic carbocycles. The van der Waals surface area contributed by atoms with E-state index in [9.17, 15) is 9.18 Å². The second-order valence-corrected chi connectivity index (χ2v) is 7.79. The number of amides is 1. The van der Waals surface area contributed by atoms with E-state index in [1.165, 1.54) is 18.9 Å². The van der Waals surface area contributed by atoms with Crippen molar-refractivity contribution in [2.75, 3.05) is 6.54 Å². The molecule has 1 spiro atoms. The van der Waals surface area contributed by atoms with Gasteiger partial charge in [-0.2, -0.15) is 0 Å². The molecular formula is C20H27FN2O. The number of hydrogen-bond donors (Lipinski definition) is 1. The second-order valence-electron chi connectivity index (χ2n) is 7.79. The summed E-state index contributed by atoms with van der Waals surface area (Å²) in [6.07, 6.45) is 8.60. The van der Waals surface area contributed by atoms with Crippen LogP contribution in [0, 0.1) is 11.7 Å². The van der Waals surface area contributed by atoms with Crippen molar-refractivity contribution in [2.24, 2.45) is 5.92 Å². The Morgan fingerprint density at radius 3 is 2.96 bits per heavy atom. The van der Waals surface area contributed by atoms with Crippen molar-refractivity contribution in [3.63, 3.8) is 0 Å². The van der Waals surface area contributed by atoms with Gasteiger partial charge >= 0.3 is 0 Å². The molecule has 1 N–H and O–H groups in total. The lowest BCUT2D eigenvalue weighted by atomic mass is 9.68. The van der Waals surface area contributed by atoms with Crippen LogP contribution >= 0.6 is 0 Å². The number of carbonyl (C=O) groups excluding carboxylic acids is 1. The van der Waals surface area contributed by atoms with Gasteiger partial charge in [0.2, 0.25) is 5.91 Å². The van der Waals surface area contributed by atoms with Crippen LogP contribution in [0.25, 0.3) is 0 Å². The Morgan fingerprint density at radius 2 is 2.08 bits per heavy atom. The molecule has 0 aromatic heterocycles. The van der Waals surface area contributed by atoms with Gasteiger partial charge in [0.05, 0.1) is 0 Å². The van der Waals surface area contributed by atoms with Crippen molar-refractivity contribution in [2.45, 2.75) is 69.5 Å². The Bertz CT molecular complexity index is 619. The zero-order chi connectivity index (χ0) is 16.6. The Hall–Kier alpha value is -1.42. The molecular weight excluding hydrogens is 303 g/mol. The van der Waals surface area contributed by atoms with E-state index in [4.69, 9.17) is 0 Å². The fraction of sp³-hybridized carbons (Fsp3) is 0.650. The number of benzene rings is 1. The normalized spacial score (nSPS) is 33.0. The first-order chi connectivity index (χ1) is 11.7. The van der Waals surface area contributed by atoms with Gasteiger partial charge < -0.3 is 10.2 Å². The van der Waals surface area contributed by atoms with E-state index in [0.29, 0.717) is 24.4 Å². The van der Waals surface area contributed by atoms with Crippen molar-refractivity contribution in [3.05, 3.63) is 35.6 Å². The zero-order valence-corrected chi connectivity index (χ0v) is 14.3. The second kappa shape index (κ2) is 6.47. The predicted octanol–water partition coefficient (Wildman–Crippen LogP) is 3.63. The van der Waals surface area contributed by atoms with E-state index in [0.717, 1.165) is 50.6 Å². The van der Waals surface area contributed by atoms with Crippen molar-refractivity contribution in [1.29, 1.82) is 0 Å². The molecule has 3 nitrogen and oxygen atoms in total. The molecule has 0 unspecified atom stereocenters. The third-order valence-electron chi connectivity index (χ3n) is 6.57. The van der Waals surface area contributed by atoms with Gasteiger partial charge in [-0.15, -0.1) is 0 Å². The number of rotatable bonds is 3. The molecule has 2 heterocycles. The topological polar surface area (TPSA) is 32.3 Å². The molecule has 4 heteroatoms. The van der Waals surface area contributed by atoms with Crippen LogP contribution in [0.2, 0.25) is 0 Å². The molecule has 1 aromatic carbocycles. The highest BCUT2D eigenvalue weighted by molar-refractivity contribution is 5.78. The Kier molecular flexibility index (Phi) is 4.33. The molecule has 130 valence electrons. The smallest absolute Gasteiger partial charge is 0.223 e. The lowest BCUT2D eigenvalue weighted by molar-refractivity contribution is -0.137. The molecule has 3 aliphatic rings. The maximum atomic E-state index is 13.8. The van der Waals surface area contributed by atoms with Gasteiger partial charge in [0.15, 0.2) is 0 Å². The number of nitrogens with zero attached hydrogens (tertiary/aromatic N) is 1. The lowest BCUT2D eigenvalue weighted by Gasteiger charge is -2.48. The molecule has 3 atom stereocenters. The van der Waals surface area contributed by atoms with E-state index in [1.807, 2.05) is 12.1 Å². The molecule has 24 heavy (non-hydrogen) atoms. The van der Waals surface area contributed by atoms with E-state index < -0.39 is 0 Å². The van der Waals surface area contributed by atoms with Crippen LogP contribution in [-0.2, 0) is 11.3 Å². The SMILES string of the molecule is O=C1CCC[C@H]2C[C@H](NCc3ccccc3F)CC[C@]23CCCN13. The van der Waals surface area contributed by atoms with E-state index in [-0.39, 0.29) is 11.4 Å². The van der Waals surface area contributed by atoms with Crippen molar-refractivity contribution in [3.8, 4) is 0 Å². The molecule has 1 amide bonds. The van der Waals surface area contributed by atoms with Crippen LogP contribution in [0.1, 0.15) is 56.9 Å². The monoisotopic (exact) mass is 330 g/mol. The van der Waals surface area contributed by atoms with Crippen molar-refractivity contribution in [1.82, 2.24) is 10.2 Å². The van der Waals surface area contributed by atoms with Gasteiger partial charge in [-0.25, -0.2) is 4.39 Å². The maximum Gasteiger partial charge on any atom is 0.223 e. The molecule has 0 radical (unpaired) electrons. The first-order valence-electron chi connectivity index (χ1n) is 9.46. The number of hydrogen-bond acceptors (Lipinski definition) is 2. The van der Waals surface area contributed by atoms with Gasteiger partial charge in [0.1, 0.15) is 5.82 Å². The predicted molar refractivity (Wildman–Crippen MR) is 91.9 cm³/mol. The maximum absolute atomic E-state index is 13.8. The largest absolute Gasteiger partial charge is 0.337 e. The van der Waals surface area contributed by atoms with Crippen molar-refractivity contribution < 1.29 is 9.18 Å². The fourth-order valence-electron chi connectivity index (χ4n) is 5.37. The molecule has 1 saturated carbocycles. The summed E-state index contributed by atoms with van der Waals surface area (Å²) in [6, 6.07) is 7.45. The van der Waals surface area contributed by atoms with Crippen LogP contribution in [0.3, 0.4) is 0 Å². The summed E-state index contributed by atoms with van der Waals surface area (Å²) in [7, 11) is 0. The minimum Gasteiger partial charge on any atom is -0.337 e. The van der Waals surface area contributed by atoms with Gasteiger partial charge in [0, 0.05) is 36.7 Å². The van der Waals surface area contributed by atoms with Crippen LogP contribution in [0.4, 0.5) is 4.39 Å². The minimum atomic E-state index is -0.126. The molecule has 3 fully saturated rings. The summed E-state index contributed by atoms with van der Waals surface area (Å²) >= 11 is 0. The summed E-state index contributed by atoms with van der Waals surface area (Å²) in [5.74, 6) is 0.866. The first kappa shape index (κ1) is 16.1. The molecule has 2 aliphatic heterocycles. The van der Waals surface area contributed by atoms with E-state index in [2.05, 4.69) is 10.2 Å². The minimum absolute atomic E-state index is 0.126.